The first-order valence-corrected chi connectivity index (χ1v) is 11.8. The number of benzene rings is 2. The summed E-state index contributed by atoms with van der Waals surface area (Å²) < 4.78 is 16.2. The van der Waals surface area contributed by atoms with Crippen LogP contribution in [0.15, 0.2) is 42.5 Å². The van der Waals surface area contributed by atoms with E-state index in [1.54, 1.807) is 7.11 Å². The fourth-order valence-electron chi connectivity index (χ4n) is 4.22. The van der Waals surface area contributed by atoms with Crippen molar-refractivity contribution in [2.24, 2.45) is 0 Å². The fraction of sp³-hybridized carbons (Fsp3) is 0.400. The summed E-state index contributed by atoms with van der Waals surface area (Å²) in [6.07, 6.45) is 6.04. The molecule has 0 saturated heterocycles. The minimum atomic E-state index is 0.262. The minimum Gasteiger partial charge on any atom is -0.497 e. The first-order chi connectivity index (χ1) is 16.7. The zero-order valence-corrected chi connectivity index (χ0v) is 19.3. The molecule has 1 aliphatic carbocycles. The molecule has 9 heteroatoms. The molecule has 2 aliphatic rings. The first kappa shape index (κ1) is 22.1. The van der Waals surface area contributed by atoms with Gasteiger partial charge in [0.25, 0.3) is 0 Å². The second-order valence-corrected chi connectivity index (χ2v) is 8.53. The van der Waals surface area contributed by atoms with Gasteiger partial charge in [0.15, 0.2) is 11.5 Å². The Morgan fingerprint density at radius 2 is 1.53 bits per heavy atom. The van der Waals surface area contributed by atoms with Crippen LogP contribution in [0.1, 0.15) is 43.2 Å². The molecule has 178 valence electrons. The van der Waals surface area contributed by atoms with Crippen molar-refractivity contribution in [2.45, 2.75) is 51.2 Å². The van der Waals surface area contributed by atoms with E-state index >= 15 is 0 Å². The number of hydrogen-bond donors (Lipinski definition) is 3. The molecule has 3 aromatic rings. The lowest BCUT2D eigenvalue weighted by Gasteiger charge is -2.23. The summed E-state index contributed by atoms with van der Waals surface area (Å²) in [6.45, 7) is 1.39. The van der Waals surface area contributed by atoms with Gasteiger partial charge >= 0.3 is 0 Å². The molecule has 1 fully saturated rings. The molecule has 2 aromatic carbocycles. The maximum Gasteiger partial charge on any atom is 0.231 e. The van der Waals surface area contributed by atoms with Gasteiger partial charge in [0.1, 0.15) is 5.75 Å². The van der Waals surface area contributed by atoms with E-state index in [1.807, 2.05) is 42.5 Å². The van der Waals surface area contributed by atoms with Crippen LogP contribution in [0.5, 0.6) is 17.2 Å². The number of nitrogens with one attached hydrogen (secondary N) is 3. The number of ether oxygens (including phenoxy) is 3. The first-order valence-electron chi connectivity index (χ1n) is 11.8. The van der Waals surface area contributed by atoms with Gasteiger partial charge in [-0.15, -0.1) is 0 Å². The SMILES string of the molecule is COc1cccc(CNc2nc(NCc3ccc4c(c3)OCO4)nc(NC3CCCCC3)n2)c1. The van der Waals surface area contributed by atoms with Crippen molar-refractivity contribution in [3.8, 4) is 17.2 Å². The van der Waals surface area contributed by atoms with Crippen LogP contribution in [-0.2, 0) is 13.1 Å². The van der Waals surface area contributed by atoms with Gasteiger partial charge in [-0.3, -0.25) is 0 Å². The largest absolute Gasteiger partial charge is 0.497 e. The van der Waals surface area contributed by atoms with Gasteiger partial charge in [0.2, 0.25) is 24.6 Å². The van der Waals surface area contributed by atoms with Crippen LogP contribution in [-0.4, -0.2) is 34.9 Å². The Bertz CT molecular complexity index is 1120. The van der Waals surface area contributed by atoms with E-state index in [-0.39, 0.29) is 6.79 Å². The molecule has 9 nitrogen and oxygen atoms in total. The van der Waals surface area contributed by atoms with Crippen molar-refractivity contribution >= 4 is 17.8 Å². The third kappa shape index (κ3) is 5.59. The maximum atomic E-state index is 5.48. The van der Waals surface area contributed by atoms with Crippen LogP contribution in [0.2, 0.25) is 0 Å². The summed E-state index contributed by atoms with van der Waals surface area (Å²) >= 11 is 0. The van der Waals surface area contributed by atoms with Crippen LogP contribution < -0.4 is 30.2 Å². The quantitative estimate of drug-likeness (QED) is 0.422. The van der Waals surface area contributed by atoms with Gasteiger partial charge < -0.3 is 30.2 Å². The summed E-state index contributed by atoms with van der Waals surface area (Å²) in [7, 11) is 1.67. The zero-order valence-electron chi connectivity index (χ0n) is 19.3. The number of nitrogens with zero attached hydrogens (tertiary/aromatic N) is 3. The van der Waals surface area contributed by atoms with Crippen LogP contribution in [0, 0.1) is 0 Å². The summed E-state index contributed by atoms with van der Waals surface area (Å²) in [5, 5.41) is 10.2. The molecule has 0 atom stereocenters. The molecule has 0 amide bonds. The average molecular weight is 463 g/mol. The van der Waals surface area contributed by atoms with E-state index < -0.39 is 0 Å². The predicted molar refractivity (Wildman–Crippen MR) is 131 cm³/mol. The van der Waals surface area contributed by atoms with Gasteiger partial charge in [-0.05, 0) is 48.2 Å². The predicted octanol–water partition coefficient (Wildman–Crippen LogP) is 4.58. The van der Waals surface area contributed by atoms with E-state index in [0.717, 1.165) is 41.2 Å². The van der Waals surface area contributed by atoms with E-state index in [4.69, 9.17) is 14.2 Å². The highest BCUT2D eigenvalue weighted by molar-refractivity contribution is 5.47. The van der Waals surface area contributed by atoms with Crippen molar-refractivity contribution in [3.63, 3.8) is 0 Å². The number of hydrogen-bond acceptors (Lipinski definition) is 9. The number of rotatable bonds is 9. The average Bonchev–Trinajstić information content (AvgIpc) is 3.35. The molecule has 0 unspecified atom stereocenters. The Kier molecular flexibility index (Phi) is 6.78. The standard InChI is InChI=1S/C25H30N6O3/c1-32-20-9-5-6-17(12-20)14-26-23-29-24(31-25(30-23)28-19-7-3-2-4-8-19)27-15-18-10-11-21-22(13-18)34-16-33-21/h5-6,9-13,19H,2-4,7-8,14-16H2,1H3,(H3,26,27,28,29,30,31). The van der Waals surface area contributed by atoms with Crippen LogP contribution in [0.3, 0.4) is 0 Å². The second-order valence-electron chi connectivity index (χ2n) is 8.53. The van der Waals surface area contributed by atoms with Gasteiger partial charge in [0, 0.05) is 19.1 Å². The third-order valence-electron chi connectivity index (χ3n) is 6.05. The second kappa shape index (κ2) is 10.5. The van der Waals surface area contributed by atoms with Crippen molar-refractivity contribution < 1.29 is 14.2 Å². The van der Waals surface area contributed by atoms with Crippen LogP contribution >= 0.6 is 0 Å². The van der Waals surface area contributed by atoms with E-state index in [9.17, 15) is 0 Å². The highest BCUT2D eigenvalue weighted by Gasteiger charge is 2.16. The van der Waals surface area contributed by atoms with Gasteiger partial charge in [-0.1, -0.05) is 37.5 Å². The lowest BCUT2D eigenvalue weighted by molar-refractivity contribution is 0.174. The maximum absolute atomic E-state index is 5.48. The summed E-state index contributed by atoms with van der Waals surface area (Å²) in [5.41, 5.74) is 2.13. The van der Waals surface area contributed by atoms with Crippen LogP contribution in [0.25, 0.3) is 0 Å². The Morgan fingerprint density at radius 3 is 2.29 bits per heavy atom. The molecule has 3 N–H and O–H groups in total. The van der Waals surface area contributed by atoms with Crippen molar-refractivity contribution in [1.82, 2.24) is 15.0 Å². The normalized spacial score (nSPS) is 15.1. The Hall–Kier alpha value is -3.75. The molecule has 0 spiro atoms. The summed E-state index contributed by atoms with van der Waals surface area (Å²) in [5.74, 6) is 3.97. The van der Waals surface area contributed by atoms with Crippen LogP contribution in [0.4, 0.5) is 17.8 Å². The van der Waals surface area contributed by atoms with E-state index in [0.29, 0.717) is 37.0 Å². The zero-order chi connectivity index (χ0) is 23.2. The molecule has 1 aromatic heterocycles. The number of aromatic nitrogens is 3. The highest BCUT2D eigenvalue weighted by atomic mass is 16.7. The summed E-state index contributed by atoms with van der Waals surface area (Å²) in [6, 6.07) is 14.2. The highest BCUT2D eigenvalue weighted by Crippen LogP contribution is 2.32. The fourth-order valence-corrected chi connectivity index (χ4v) is 4.22. The third-order valence-corrected chi connectivity index (χ3v) is 6.05. The van der Waals surface area contributed by atoms with Gasteiger partial charge in [-0.25, -0.2) is 0 Å². The lowest BCUT2D eigenvalue weighted by atomic mass is 9.96. The Morgan fingerprint density at radius 1 is 0.824 bits per heavy atom. The molecular weight excluding hydrogens is 432 g/mol. The molecule has 1 saturated carbocycles. The molecule has 5 rings (SSSR count). The Balaban J connectivity index is 1.30. The molecule has 0 radical (unpaired) electrons. The molecule has 0 bridgehead atoms. The summed E-state index contributed by atoms with van der Waals surface area (Å²) in [4.78, 5) is 13.9. The Labute approximate surface area is 199 Å². The molecule has 2 heterocycles. The molecule has 34 heavy (non-hydrogen) atoms. The van der Waals surface area contributed by atoms with Gasteiger partial charge in [0.05, 0.1) is 7.11 Å². The van der Waals surface area contributed by atoms with Gasteiger partial charge in [-0.2, -0.15) is 15.0 Å². The lowest BCUT2D eigenvalue weighted by Crippen LogP contribution is -2.24. The van der Waals surface area contributed by atoms with Crippen molar-refractivity contribution in [2.75, 3.05) is 29.9 Å². The van der Waals surface area contributed by atoms with E-state index in [1.165, 1.54) is 19.3 Å². The molecular formula is C25H30N6O3. The van der Waals surface area contributed by atoms with Crippen molar-refractivity contribution in [1.29, 1.82) is 0 Å². The number of anilines is 3. The number of fused-ring (bicyclic) bond motifs is 1. The topological polar surface area (TPSA) is 102 Å². The molecule has 1 aliphatic heterocycles. The van der Waals surface area contributed by atoms with Crippen molar-refractivity contribution in [3.05, 3.63) is 53.6 Å². The van der Waals surface area contributed by atoms with E-state index in [2.05, 4.69) is 30.9 Å². The number of methoxy groups -OCH3 is 1. The minimum absolute atomic E-state index is 0.262. The smallest absolute Gasteiger partial charge is 0.231 e. The monoisotopic (exact) mass is 462 g/mol.